The summed E-state index contributed by atoms with van der Waals surface area (Å²) in [5.41, 5.74) is 3.05. The summed E-state index contributed by atoms with van der Waals surface area (Å²) in [5, 5.41) is 3.28. The third kappa shape index (κ3) is 5.92. The second-order valence-corrected chi connectivity index (χ2v) is 11.2. The molecule has 1 aliphatic rings. The van der Waals surface area contributed by atoms with Gasteiger partial charge in [0.05, 0.1) is 11.8 Å². The fourth-order valence-corrected chi connectivity index (χ4v) is 6.41. The zero-order valence-corrected chi connectivity index (χ0v) is 21.0. The Morgan fingerprint density at radius 2 is 1.69 bits per heavy atom. The molecule has 3 aromatic carbocycles. The van der Waals surface area contributed by atoms with E-state index in [1.165, 1.54) is 22.5 Å². The van der Waals surface area contributed by atoms with Crippen molar-refractivity contribution >= 4 is 27.5 Å². The molecule has 4 rings (SSSR count). The van der Waals surface area contributed by atoms with Gasteiger partial charge in [-0.1, -0.05) is 72.3 Å². The number of piperidine rings is 1. The zero-order valence-electron chi connectivity index (χ0n) is 19.5. The molecular formula is C27H28ClFN2O3S. The summed E-state index contributed by atoms with van der Waals surface area (Å²) in [6, 6.07) is 21.6. The molecule has 1 atom stereocenters. The number of aryl methyl sites for hydroxylation is 1. The van der Waals surface area contributed by atoms with Crippen LogP contribution in [0.5, 0.6) is 0 Å². The number of nitrogens with one attached hydrogen (secondary N) is 1. The highest BCUT2D eigenvalue weighted by Gasteiger charge is 2.33. The van der Waals surface area contributed by atoms with Crippen LogP contribution in [0.2, 0.25) is 5.02 Å². The highest BCUT2D eigenvalue weighted by Crippen LogP contribution is 2.29. The highest BCUT2D eigenvalue weighted by molar-refractivity contribution is 7.88. The molecule has 1 fully saturated rings. The van der Waals surface area contributed by atoms with Gasteiger partial charge in [0, 0.05) is 29.6 Å². The number of sulfonamides is 1. The molecule has 8 heteroatoms. The van der Waals surface area contributed by atoms with E-state index in [0.29, 0.717) is 12.8 Å². The summed E-state index contributed by atoms with van der Waals surface area (Å²) in [5.74, 6) is -1.55. The lowest BCUT2D eigenvalue weighted by molar-refractivity contribution is -0.126. The molecule has 3 aromatic rings. The average molecular weight is 515 g/mol. The molecule has 1 heterocycles. The van der Waals surface area contributed by atoms with Gasteiger partial charge < -0.3 is 5.32 Å². The molecule has 184 valence electrons. The van der Waals surface area contributed by atoms with Crippen molar-refractivity contribution in [3.05, 3.63) is 106 Å². The summed E-state index contributed by atoms with van der Waals surface area (Å²) in [4.78, 5) is 13.3. The third-order valence-electron chi connectivity index (χ3n) is 6.53. The maximum absolute atomic E-state index is 14.1. The van der Waals surface area contributed by atoms with Gasteiger partial charge in [0.15, 0.2) is 0 Å². The fourth-order valence-electron chi connectivity index (χ4n) is 4.50. The number of hydrogen-bond donors (Lipinski definition) is 1. The number of carbonyl (C=O) groups is 1. The summed E-state index contributed by atoms with van der Waals surface area (Å²) < 4.78 is 41.3. The van der Waals surface area contributed by atoms with Gasteiger partial charge in [-0.3, -0.25) is 4.79 Å². The van der Waals surface area contributed by atoms with E-state index >= 15 is 0 Å². The monoisotopic (exact) mass is 514 g/mol. The van der Waals surface area contributed by atoms with Crippen molar-refractivity contribution in [2.45, 2.75) is 31.6 Å². The molecule has 0 spiro atoms. The van der Waals surface area contributed by atoms with Crippen LogP contribution in [0.15, 0.2) is 72.8 Å². The van der Waals surface area contributed by atoms with Gasteiger partial charge in [-0.05, 0) is 48.6 Å². The smallest absolute Gasteiger partial charge is 0.223 e. The van der Waals surface area contributed by atoms with Gasteiger partial charge in [0.25, 0.3) is 0 Å². The SMILES string of the molecule is Cc1ccccc1C(NC(=O)C1CCN(S(=O)(=O)Cc2c(F)cccc2Cl)CC1)c1ccccc1. The molecule has 1 saturated heterocycles. The molecule has 1 amide bonds. The van der Waals surface area contributed by atoms with Gasteiger partial charge in [0.1, 0.15) is 5.82 Å². The largest absolute Gasteiger partial charge is 0.345 e. The normalized spacial score (nSPS) is 16.1. The van der Waals surface area contributed by atoms with E-state index in [-0.39, 0.29) is 41.5 Å². The van der Waals surface area contributed by atoms with Gasteiger partial charge >= 0.3 is 0 Å². The maximum atomic E-state index is 14.1. The lowest BCUT2D eigenvalue weighted by atomic mass is 9.92. The minimum atomic E-state index is -3.77. The second-order valence-electron chi connectivity index (χ2n) is 8.84. The van der Waals surface area contributed by atoms with Crippen molar-refractivity contribution < 1.29 is 17.6 Å². The van der Waals surface area contributed by atoms with Crippen molar-refractivity contribution in [2.75, 3.05) is 13.1 Å². The standard InChI is InChI=1S/C27H28ClFN2O3S/c1-19-8-5-6-11-22(19)26(20-9-3-2-4-10-20)30-27(32)21-14-16-31(17-15-21)35(33,34)18-23-24(28)12-7-13-25(23)29/h2-13,21,26H,14-18H2,1H3,(H,30,32). The van der Waals surface area contributed by atoms with Crippen molar-refractivity contribution in [2.24, 2.45) is 5.92 Å². The van der Waals surface area contributed by atoms with Crippen LogP contribution in [0.4, 0.5) is 4.39 Å². The van der Waals surface area contributed by atoms with Crippen LogP contribution < -0.4 is 5.32 Å². The summed E-state index contributed by atoms with van der Waals surface area (Å²) in [6.07, 6.45) is 0.788. The molecule has 0 bridgehead atoms. The van der Waals surface area contributed by atoms with Crippen LogP contribution in [0.3, 0.4) is 0 Å². The number of carbonyl (C=O) groups excluding carboxylic acids is 1. The summed E-state index contributed by atoms with van der Waals surface area (Å²) in [6.45, 7) is 2.42. The fraction of sp³-hybridized carbons (Fsp3) is 0.296. The first-order chi connectivity index (χ1) is 16.8. The average Bonchev–Trinajstić information content (AvgIpc) is 2.86. The summed E-state index contributed by atoms with van der Waals surface area (Å²) in [7, 11) is -3.77. The predicted molar refractivity (Wildman–Crippen MR) is 136 cm³/mol. The van der Waals surface area contributed by atoms with Crippen molar-refractivity contribution in [3.8, 4) is 0 Å². The van der Waals surface area contributed by atoms with Gasteiger partial charge in [0.2, 0.25) is 15.9 Å². The van der Waals surface area contributed by atoms with E-state index in [1.54, 1.807) is 0 Å². The van der Waals surface area contributed by atoms with Crippen LogP contribution in [-0.4, -0.2) is 31.7 Å². The van der Waals surface area contributed by atoms with Gasteiger partial charge in [-0.25, -0.2) is 17.1 Å². The predicted octanol–water partition coefficient (Wildman–Crippen LogP) is 5.24. The Labute approximate surface area is 211 Å². The van der Waals surface area contributed by atoms with Gasteiger partial charge in [-0.2, -0.15) is 0 Å². The molecule has 0 saturated carbocycles. The molecule has 5 nitrogen and oxygen atoms in total. The van der Waals surface area contributed by atoms with Crippen molar-refractivity contribution in [1.82, 2.24) is 9.62 Å². The quantitative estimate of drug-likeness (QED) is 0.469. The molecular weight excluding hydrogens is 487 g/mol. The van der Waals surface area contributed by atoms with E-state index in [4.69, 9.17) is 11.6 Å². The molecule has 1 unspecified atom stereocenters. The van der Waals surface area contributed by atoms with E-state index in [1.807, 2.05) is 61.5 Å². The molecule has 35 heavy (non-hydrogen) atoms. The Hall–Kier alpha value is -2.74. The molecule has 1 N–H and O–H groups in total. The minimum absolute atomic E-state index is 0.0297. The minimum Gasteiger partial charge on any atom is -0.345 e. The van der Waals surface area contributed by atoms with Crippen molar-refractivity contribution in [1.29, 1.82) is 0 Å². The zero-order chi connectivity index (χ0) is 25.0. The Balaban J connectivity index is 1.44. The first kappa shape index (κ1) is 25.4. The lowest BCUT2D eigenvalue weighted by Crippen LogP contribution is -2.44. The van der Waals surface area contributed by atoms with E-state index < -0.39 is 21.6 Å². The Morgan fingerprint density at radius 3 is 2.34 bits per heavy atom. The maximum Gasteiger partial charge on any atom is 0.223 e. The number of rotatable bonds is 7. The number of hydrogen-bond acceptors (Lipinski definition) is 3. The topological polar surface area (TPSA) is 66.5 Å². The van der Waals surface area contributed by atoms with Crippen LogP contribution in [0.25, 0.3) is 0 Å². The van der Waals surface area contributed by atoms with Crippen LogP contribution in [-0.2, 0) is 20.6 Å². The first-order valence-corrected chi connectivity index (χ1v) is 13.6. The Kier molecular flexibility index (Phi) is 7.89. The van der Waals surface area contributed by atoms with Gasteiger partial charge in [-0.15, -0.1) is 0 Å². The molecule has 0 aliphatic carbocycles. The Bertz CT molecular complexity index is 1270. The number of benzene rings is 3. The van der Waals surface area contributed by atoms with E-state index in [2.05, 4.69) is 5.32 Å². The molecule has 0 aromatic heterocycles. The van der Waals surface area contributed by atoms with Crippen LogP contribution >= 0.6 is 11.6 Å². The number of nitrogens with zero attached hydrogens (tertiary/aromatic N) is 1. The van der Waals surface area contributed by atoms with Crippen molar-refractivity contribution in [3.63, 3.8) is 0 Å². The molecule has 1 aliphatic heterocycles. The summed E-state index contributed by atoms with van der Waals surface area (Å²) >= 11 is 6.02. The third-order valence-corrected chi connectivity index (χ3v) is 8.69. The van der Waals surface area contributed by atoms with Crippen LogP contribution in [0.1, 0.15) is 41.1 Å². The van der Waals surface area contributed by atoms with E-state index in [9.17, 15) is 17.6 Å². The van der Waals surface area contributed by atoms with Crippen LogP contribution in [0, 0.1) is 18.7 Å². The number of amides is 1. The highest BCUT2D eigenvalue weighted by atomic mass is 35.5. The molecule has 0 radical (unpaired) electrons. The Morgan fingerprint density at radius 1 is 1.03 bits per heavy atom. The lowest BCUT2D eigenvalue weighted by Gasteiger charge is -2.32. The second kappa shape index (κ2) is 10.9. The first-order valence-electron chi connectivity index (χ1n) is 11.6. The number of halogens is 2. The van der Waals surface area contributed by atoms with E-state index in [0.717, 1.165) is 16.7 Å².